The minimum absolute atomic E-state index is 0.483. The summed E-state index contributed by atoms with van der Waals surface area (Å²) in [5, 5.41) is 7.00. The number of thiazole rings is 1. The maximum Gasteiger partial charge on any atom is 0.213 e. The topological polar surface area (TPSA) is 57.4 Å². The Kier molecular flexibility index (Phi) is 3.73. The van der Waals surface area contributed by atoms with Crippen molar-refractivity contribution in [2.24, 2.45) is 0 Å². The van der Waals surface area contributed by atoms with E-state index in [4.69, 9.17) is 12.2 Å². The van der Waals surface area contributed by atoms with Crippen LogP contribution >= 0.6 is 23.6 Å². The summed E-state index contributed by atoms with van der Waals surface area (Å²) >= 11 is 6.68. The molecule has 0 unspecified atom stereocenters. The van der Waals surface area contributed by atoms with E-state index in [-0.39, 0.29) is 0 Å². The first-order valence-electron chi connectivity index (χ1n) is 5.78. The first-order chi connectivity index (χ1) is 8.15. The van der Waals surface area contributed by atoms with Crippen molar-refractivity contribution < 1.29 is 0 Å². The molecule has 0 aromatic carbocycles. The molecule has 0 fully saturated rings. The predicted molar refractivity (Wildman–Crippen MR) is 72.9 cm³/mol. The Hall–Kier alpha value is -1.01. The fraction of sp³-hybridized carbons (Fsp3) is 0.545. The van der Waals surface area contributed by atoms with Crippen molar-refractivity contribution in [2.45, 2.75) is 39.5 Å². The fourth-order valence-electron chi connectivity index (χ4n) is 1.83. The van der Waals surface area contributed by atoms with Crippen LogP contribution < -0.4 is 0 Å². The van der Waals surface area contributed by atoms with Crippen LogP contribution in [0.2, 0.25) is 0 Å². The lowest BCUT2D eigenvalue weighted by molar-refractivity contribution is 0.636. The van der Waals surface area contributed by atoms with Crippen LogP contribution in [-0.4, -0.2) is 20.2 Å². The third kappa shape index (κ3) is 2.47. The normalized spacial score (nSPS) is 11.3. The third-order valence-corrected chi connectivity index (χ3v) is 4.38. The van der Waals surface area contributed by atoms with Crippen LogP contribution in [0.5, 0.6) is 0 Å². The van der Waals surface area contributed by atoms with Crippen molar-refractivity contribution in [1.82, 2.24) is 20.2 Å². The van der Waals surface area contributed by atoms with Gasteiger partial charge < -0.3 is 0 Å². The quantitative estimate of drug-likeness (QED) is 0.829. The molecule has 0 aliphatic carbocycles. The fourth-order valence-corrected chi connectivity index (χ4v) is 3.25. The molecule has 2 N–H and O–H groups in total. The van der Waals surface area contributed by atoms with E-state index in [0.717, 1.165) is 29.2 Å². The molecule has 2 heterocycles. The second kappa shape index (κ2) is 5.10. The monoisotopic (exact) mass is 268 g/mol. The van der Waals surface area contributed by atoms with Crippen LogP contribution in [0.25, 0.3) is 10.7 Å². The molecular formula is C11H16N4S2. The minimum Gasteiger partial charge on any atom is -0.281 e. The van der Waals surface area contributed by atoms with Gasteiger partial charge in [0.05, 0.1) is 15.6 Å². The van der Waals surface area contributed by atoms with Crippen LogP contribution in [0.1, 0.15) is 43.3 Å². The summed E-state index contributed by atoms with van der Waals surface area (Å²) in [5.74, 6) is 1.34. The number of hydrogen-bond donors (Lipinski definition) is 2. The van der Waals surface area contributed by atoms with Crippen LogP contribution in [0.3, 0.4) is 0 Å². The first-order valence-corrected chi connectivity index (χ1v) is 7.00. The van der Waals surface area contributed by atoms with E-state index >= 15 is 0 Å². The van der Waals surface area contributed by atoms with E-state index in [1.54, 1.807) is 11.3 Å². The zero-order chi connectivity index (χ0) is 12.4. The van der Waals surface area contributed by atoms with Crippen molar-refractivity contribution in [1.29, 1.82) is 0 Å². The van der Waals surface area contributed by atoms with Crippen molar-refractivity contribution in [2.75, 3.05) is 0 Å². The summed E-state index contributed by atoms with van der Waals surface area (Å²) in [6.07, 6.45) is 2.25. The van der Waals surface area contributed by atoms with E-state index in [1.807, 2.05) is 6.92 Å². The molecule has 17 heavy (non-hydrogen) atoms. The number of nitrogens with zero attached hydrogens (tertiary/aromatic N) is 2. The molecule has 0 aliphatic heterocycles. The maximum absolute atomic E-state index is 4.97. The van der Waals surface area contributed by atoms with E-state index < -0.39 is 0 Å². The van der Waals surface area contributed by atoms with Gasteiger partial charge in [0.1, 0.15) is 0 Å². The molecule has 2 aromatic heterocycles. The molecule has 0 aliphatic rings. The molecule has 2 rings (SSSR count). The molecule has 0 spiro atoms. The van der Waals surface area contributed by atoms with Crippen molar-refractivity contribution >= 4 is 23.6 Å². The summed E-state index contributed by atoms with van der Waals surface area (Å²) in [5.41, 5.74) is 1.02. The molecule has 6 heteroatoms. The Balaban J connectivity index is 2.40. The second-order valence-electron chi connectivity index (χ2n) is 4.00. The molecule has 0 saturated carbocycles. The van der Waals surface area contributed by atoms with Gasteiger partial charge >= 0.3 is 0 Å². The predicted octanol–water partition coefficient (Wildman–Crippen LogP) is 3.80. The Morgan fingerprint density at radius 2 is 1.94 bits per heavy atom. The highest BCUT2D eigenvalue weighted by Crippen LogP contribution is 2.33. The SMILES string of the molecule is CCC(CC)c1nc(C)c(-c2nc(=S)[nH][nH]2)s1. The van der Waals surface area contributed by atoms with Gasteiger partial charge in [-0.05, 0) is 32.0 Å². The Morgan fingerprint density at radius 1 is 1.24 bits per heavy atom. The average Bonchev–Trinajstić information content (AvgIpc) is 2.87. The maximum atomic E-state index is 4.97. The highest BCUT2D eigenvalue weighted by Gasteiger charge is 2.17. The third-order valence-electron chi connectivity index (χ3n) is 2.86. The summed E-state index contributed by atoms with van der Waals surface area (Å²) in [6, 6.07) is 0. The van der Waals surface area contributed by atoms with E-state index in [1.165, 1.54) is 5.01 Å². The van der Waals surface area contributed by atoms with Crippen molar-refractivity contribution in [3.05, 3.63) is 15.5 Å². The zero-order valence-electron chi connectivity index (χ0n) is 10.2. The van der Waals surface area contributed by atoms with Gasteiger partial charge in [0.25, 0.3) is 0 Å². The Morgan fingerprint density at radius 3 is 2.47 bits per heavy atom. The van der Waals surface area contributed by atoms with E-state index in [9.17, 15) is 0 Å². The van der Waals surface area contributed by atoms with Crippen LogP contribution in [-0.2, 0) is 0 Å². The molecule has 92 valence electrons. The summed E-state index contributed by atoms with van der Waals surface area (Å²) < 4.78 is 0.483. The molecule has 0 amide bonds. The van der Waals surface area contributed by atoms with Crippen LogP contribution in [0.15, 0.2) is 0 Å². The molecule has 0 atom stereocenters. The average molecular weight is 268 g/mol. The number of aryl methyl sites for hydroxylation is 1. The van der Waals surface area contributed by atoms with Gasteiger partial charge in [-0.1, -0.05) is 13.8 Å². The number of H-pyrrole nitrogens is 2. The van der Waals surface area contributed by atoms with Gasteiger partial charge in [0.15, 0.2) is 5.82 Å². The van der Waals surface area contributed by atoms with Crippen molar-refractivity contribution in [3.8, 4) is 10.7 Å². The number of rotatable bonds is 4. The Bertz CT molecular complexity index is 548. The first kappa shape index (κ1) is 12.4. The summed E-state index contributed by atoms with van der Waals surface area (Å²) in [6.45, 7) is 6.42. The Labute approximate surface area is 110 Å². The molecule has 2 aromatic rings. The van der Waals surface area contributed by atoms with E-state index in [2.05, 4.69) is 34.0 Å². The molecule has 0 radical (unpaired) electrons. The summed E-state index contributed by atoms with van der Waals surface area (Å²) in [4.78, 5) is 9.97. The van der Waals surface area contributed by atoms with Gasteiger partial charge in [-0.15, -0.1) is 11.3 Å². The number of aromatic nitrogens is 4. The standard InChI is InChI=1S/C11H16N4S2/c1-4-7(5-2)10-12-6(3)8(17-10)9-13-11(16)15-14-9/h7H,4-5H2,1-3H3,(H2,13,14,15,16). The van der Waals surface area contributed by atoms with Gasteiger partial charge in [-0.2, -0.15) is 4.98 Å². The highest BCUT2D eigenvalue weighted by atomic mass is 32.1. The largest absolute Gasteiger partial charge is 0.281 e. The lowest BCUT2D eigenvalue weighted by Crippen LogP contribution is -1.93. The van der Waals surface area contributed by atoms with Crippen LogP contribution in [0, 0.1) is 11.7 Å². The molecular weight excluding hydrogens is 252 g/mol. The van der Waals surface area contributed by atoms with Gasteiger partial charge in [0.2, 0.25) is 4.77 Å². The van der Waals surface area contributed by atoms with Gasteiger partial charge in [-0.25, -0.2) is 4.98 Å². The second-order valence-corrected chi connectivity index (χ2v) is 5.41. The highest BCUT2D eigenvalue weighted by molar-refractivity contribution is 7.71. The number of aromatic amines is 2. The number of nitrogens with one attached hydrogen (secondary N) is 2. The van der Waals surface area contributed by atoms with Crippen LogP contribution in [0.4, 0.5) is 0 Å². The molecule has 0 saturated heterocycles. The number of hydrogen-bond acceptors (Lipinski definition) is 4. The molecule has 4 nitrogen and oxygen atoms in total. The van der Waals surface area contributed by atoms with Crippen molar-refractivity contribution in [3.63, 3.8) is 0 Å². The lowest BCUT2D eigenvalue weighted by Gasteiger charge is -2.06. The lowest BCUT2D eigenvalue weighted by atomic mass is 10.1. The van der Waals surface area contributed by atoms with Gasteiger partial charge in [-0.3, -0.25) is 10.2 Å². The smallest absolute Gasteiger partial charge is 0.213 e. The summed E-state index contributed by atoms with van der Waals surface area (Å²) in [7, 11) is 0. The molecule has 0 bridgehead atoms. The minimum atomic E-state index is 0.483. The van der Waals surface area contributed by atoms with Gasteiger partial charge in [0, 0.05) is 5.92 Å². The zero-order valence-corrected chi connectivity index (χ0v) is 11.8. The van der Waals surface area contributed by atoms with E-state index in [0.29, 0.717) is 10.7 Å².